The van der Waals surface area contributed by atoms with Crippen LogP contribution in [-0.4, -0.2) is 78.4 Å². The second kappa shape index (κ2) is 29.1. The van der Waals surface area contributed by atoms with Crippen molar-refractivity contribution in [3.8, 4) is 5.75 Å². The lowest BCUT2D eigenvalue weighted by atomic mass is 10.0. The maximum Gasteiger partial charge on any atom is 0.243 e. The average Bonchev–Trinajstić information content (AvgIpc) is 3.20. The normalized spacial score (nSPS) is 12.9. The van der Waals surface area contributed by atoms with Crippen molar-refractivity contribution in [2.75, 3.05) is 13.6 Å². The lowest BCUT2D eigenvalue weighted by Crippen LogP contribution is -2.58. The van der Waals surface area contributed by atoms with E-state index >= 15 is 0 Å². The van der Waals surface area contributed by atoms with E-state index in [-0.39, 0.29) is 43.4 Å². The number of phenolic OH excluding ortho intramolecular Hbond substituents is 1. The molecule has 0 aliphatic rings. The predicted octanol–water partition coefficient (Wildman–Crippen LogP) is 4.42. The number of nitrogens with one attached hydrogen (secondary N) is 5. The third-order valence-electron chi connectivity index (χ3n) is 10.0. The number of unbranched alkanes of at least 4 members (excludes halogenated alkanes) is 12. The van der Waals surface area contributed by atoms with Gasteiger partial charge in [-0.25, -0.2) is 0 Å². The van der Waals surface area contributed by atoms with E-state index in [9.17, 15) is 29.1 Å². The molecule has 5 amide bonds. The molecule has 14 heteroatoms. The van der Waals surface area contributed by atoms with Gasteiger partial charge in [0.05, 0.1) is 0 Å². The molecule has 0 aliphatic carbocycles. The molecule has 58 heavy (non-hydrogen) atoms. The summed E-state index contributed by atoms with van der Waals surface area (Å²) in [5, 5.41) is 23.5. The molecule has 322 valence electrons. The first-order valence-electron chi connectivity index (χ1n) is 21.2. The minimum absolute atomic E-state index is 0.0306. The number of aromatic hydroxyl groups is 1. The molecule has 0 saturated heterocycles. The minimum Gasteiger partial charge on any atom is -0.508 e. The number of hydrogen-bond donors (Lipinski definition) is 8. The summed E-state index contributed by atoms with van der Waals surface area (Å²) >= 11 is 0. The van der Waals surface area contributed by atoms with Crippen LogP contribution in [-0.2, 0) is 36.8 Å². The Balaban J connectivity index is 2.04. The third-order valence-corrected chi connectivity index (χ3v) is 10.0. The van der Waals surface area contributed by atoms with Crippen molar-refractivity contribution < 1.29 is 29.1 Å². The molecular weight excluding hydrogens is 737 g/mol. The molecule has 0 bridgehead atoms. The zero-order chi connectivity index (χ0) is 42.5. The Kier molecular flexibility index (Phi) is 24.6. The van der Waals surface area contributed by atoms with E-state index in [1.54, 1.807) is 19.1 Å². The molecule has 0 radical (unpaired) electrons. The van der Waals surface area contributed by atoms with Crippen LogP contribution < -0.4 is 38.1 Å². The van der Waals surface area contributed by atoms with Crippen LogP contribution >= 0.6 is 0 Å². The van der Waals surface area contributed by atoms with Crippen LogP contribution in [0.15, 0.2) is 59.6 Å². The first-order valence-corrected chi connectivity index (χ1v) is 21.2. The van der Waals surface area contributed by atoms with Crippen LogP contribution in [0.4, 0.5) is 0 Å². The molecular formula is C44H70N8O6. The summed E-state index contributed by atoms with van der Waals surface area (Å²) in [7, 11) is 1.46. The summed E-state index contributed by atoms with van der Waals surface area (Å²) in [5.41, 5.74) is 12.2. The van der Waals surface area contributed by atoms with Crippen LogP contribution in [0.2, 0.25) is 0 Å². The van der Waals surface area contributed by atoms with Gasteiger partial charge in [0.15, 0.2) is 5.96 Å². The number of carbonyl (C=O) groups excluding carboxylic acids is 5. The van der Waals surface area contributed by atoms with Gasteiger partial charge >= 0.3 is 0 Å². The fourth-order valence-corrected chi connectivity index (χ4v) is 6.61. The predicted molar refractivity (Wildman–Crippen MR) is 230 cm³/mol. The summed E-state index contributed by atoms with van der Waals surface area (Å²) in [6, 6.07) is 11.2. The van der Waals surface area contributed by atoms with Crippen LogP contribution in [0.1, 0.15) is 128 Å². The highest BCUT2D eigenvalue weighted by Crippen LogP contribution is 2.15. The van der Waals surface area contributed by atoms with Gasteiger partial charge in [0, 0.05) is 32.9 Å². The Morgan fingerprint density at radius 2 is 1.09 bits per heavy atom. The lowest BCUT2D eigenvalue weighted by molar-refractivity contribution is -0.134. The molecule has 2 rings (SSSR count). The zero-order valence-electron chi connectivity index (χ0n) is 35.0. The minimum atomic E-state index is -1.15. The molecule has 2 aromatic rings. The Morgan fingerprint density at radius 3 is 1.60 bits per heavy atom. The summed E-state index contributed by atoms with van der Waals surface area (Å²) in [5.74, 6) is -2.52. The monoisotopic (exact) mass is 807 g/mol. The molecule has 10 N–H and O–H groups in total. The van der Waals surface area contributed by atoms with Crippen molar-refractivity contribution in [2.24, 2.45) is 16.5 Å². The maximum absolute atomic E-state index is 14.0. The molecule has 14 nitrogen and oxygen atoms in total. The smallest absolute Gasteiger partial charge is 0.243 e. The Hall–Kier alpha value is -5.14. The van der Waals surface area contributed by atoms with Crippen molar-refractivity contribution in [3.63, 3.8) is 0 Å². The van der Waals surface area contributed by atoms with E-state index in [2.05, 4.69) is 38.5 Å². The van der Waals surface area contributed by atoms with Crippen molar-refractivity contribution in [3.05, 3.63) is 65.7 Å². The van der Waals surface area contributed by atoms with Crippen molar-refractivity contribution >= 4 is 35.5 Å². The number of likely N-dealkylation sites (N-methyl/N-ethyl adjacent to an activating group) is 1. The molecule has 0 unspecified atom stereocenters. The topological polar surface area (TPSA) is 230 Å². The number of guanidine groups is 1. The highest BCUT2D eigenvalue weighted by molar-refractivity contribution is 5.95. The average molecular weight is 807 g/mol. The van der Waals surface area contributed by atoms with Gasteiger partial charge in [-0.1, -0.05) is 126 Å². The molecule has 0 heterocycles. The summed E-state index contributed by atoms with van der Waals surface area (Å²) in [6.07, 6.45) is 16.7. The number of benzene rings is 2. The molecule has 0 spiro atoms. The first kappa shape index (κ1) is 49.0. The number of nitrogens with zero attached hydrogens (tertiary/aromatic N) is 1. The van der Waals surface area contributed by atoms with E-state index in [0.717, 1.165) is 31.2 Å². The van der Waals surface area contributed by atoms with E-state index < -0.39 is 47.8 Å². The molecule has 4 atom stereocenters. The van der Waals surface area contributed by atoms with Gasteiger partial charge < -0.3 is 43.2 Å². The SMILES string of the molecule is CCCCCCCCCCCCCCCC(=O)N[C@@H](C)C(=O)N[C@@H](Cc1ccc(O)cc1)C(=O)N[C@@H](Cc1ccccc1)C(=O)N[C@@H](CCCN=C(N)N)C(=O)NC. The van der Waals surface area contributed by atoms with Gasteiger partial charge in [-0.2, -0.15) is 0 Å². The van der Waals surface area contributed by atoms with E-state index in [0.29, 0.717) is 18.4 Å². The first-order chi connectivity index (χ1) is 27.9. The summed E-state index contributed by atoms with van der Waals surface area (Å²) in [6.45, 7) is 4.05. The summed E-state index contributed by atoms with van der Waals surface area (Å²) in [4.78, 5) is 70.8. The number of carbonyl (C=O) groups is 5. The number of hydrogen-bond acceptors (Lipinski definition) is 7. The van der Waals surface area contributed by atoms with Crippen molar-refractivity contribution in [1.82, 2.24) is 26.6 Å². The quantitative estimate of drug-likeness (QED) is 0.0319. The third kappa shape index (κ3) is 21.4. The number of aliphatic imine (C=N–C) groups is 1. The highest BCUT2D eigenvalue weighted by atomic mass is 16.3. The van der Waals surface area contributed by atoms with E-state index in [4.69, 9.17) is 11.5 Å². The largest absolute Gasteiger partial charge is 0.508 e. The van der Waals surface area contributed by atoms with E-state index in [1.165, 1.54) is 77.0 Å². The molecule has 0 aliphatic heterocycles. The maximum atomic E-state index is 14.0. The Bertz CT molecular complexity index is 1530. The fraction of sp³-hybridized carbons (Fsp3) is 0.591. The number of nitrogens with two attached hydrogens (primary N) is 2. The zero-order valence-corrected chi connectivity index (χ0v) is 35.0. The van der Waals surface area contributed by atoms with Crippen LogP contribution in [0.25, 0.3) is 0 Å². The number of phenols is 1. The Morgan fingerprint density at radius 1 is 0.603 bits per heavy atom. The van der Waals surface area contributed by atoms with Gasteiger partial charge in [0.2, 0.25) is 29.5 Å². The molecule has 0 saturated carbocycles. The standard InChI is InChI=1S/C44H70N8O6/c1-4-5-6-7-8-9-10-11-12-13-14-15-19-24-39(54)49-32(2)40(55)51-37(31-34-25-27-35(53)28-26-34)43(58)52-38(30-33-21-17-16-18-22-33)42(57)50-36(41(56)47-3)23-20-29-48-44(45)46/h16-18,21-22,25-28,32,36-38,53H,4-15,19-20,23-24,29-31H2,1-3H3,(H,47,56)(H,49,54)(H,50,57)(H,51,55)(H,52,58)(H4,45,46,48)/t32-,36-,37-,38-/m0/s1. The molecule has 0 aromatic heterocycles. The lowest BCUT2D eigenvalue weighted by Gasteiger charge is -2.26. The van der Waals surface area contributed by atoms with Gasteiger partial charge in [-0.3, -0.25) is 29.0 Å². The van der Waals surface area contributed by atoms with Crippen LogP contribution in [0, 0.1) is 0 Å². The Labute approximate surface area is 345 Å². The van der Waals surface area contributed by atoms with Crippen LogP contribution in [0.5, 0.6) is 5.75 Å². The van der Waals surface area contributed by atoms with Crippen molar-refractivity contribution in [1.29, 1.82) is 0 Å². The highest BCUT2D eigenvalue weighted by Gasteiger charge is 2.31. The summed E-state index contributed by atoms with van der Waals surface area (Å²) < 4.78 is 0. The van der Waals surface area contributed by atoms with Crippen LogP contribution in [0.3, 0.4) is 0 Å². The van der Waals surface area contributed by atoms with Crippen molar-refractivity contribution in [2.45, 2.75) is 154 Å². The fourth-order valence-electron chi connectivity index (χ4n) is 6.61. The second-order valence-electron chi connectivity index (χ2n) is 15.1. The number of rotatable bonds is 30. The van der Waals surface area contributed by atoms with Gasteiger partial charge in [0.1, 0.15) is 29.9 Å². The number of amides is 5. The second-order valence-corrected chi connectivity index (χ2v) is 15.1. The van der Waals surface area contributed by atoms with Gasteiger partial charge in [-0.15, -0.1) is 0 Å². The molecule has 0 fully saturated rings. The van der Waals surface area contributed by atoms with Gasteiger partial charge in [-0.05, 0) is 49.4 Å². The van der Waals surface area contributed by atoms with E-state index in [1.807, 2.05) is 30.3 Å². The molecule has 2 aromatic carbocycles. The van der Waals surface area contributed by atoms with Gasteiger partial charge in [0.25, 0.3) is 0 Å².